The monoisotopic (exact) mass is 394 g/mol. The maximum Gasteiger partial charge on any atom is 0.257 e. The van der Waals surface area contributed by atoms with Crippen molar-refractivity contribution < 1.29 is 9.53 Å². The average Bonchev–Trinajstić information content (AvgIpc) is 2.71. The highest BCUT2D eigenvalue weighted by Crippen LogP contribution is 2.16. The highest BCUT2D eigenvalue weighted by atomic mass is 16.5. The van der Waals surface area contributed by atoms with Gasteiger partial charge in [0.05, 0.1) is 19.8 Å². The van der Waals surface area contributed by atoms with Gasteiger partial charge in [0.25, 0.3) is 5.91 Å². The molecule has 0 aliphatic carbocycles. The number of aryl methyl sites for hydroxylation is 3. The van der Waals surface area contributed by atoms with Crippen molar-refractivity contribution >= 4 is 17.6 Å². The first-order valence-corrected chi connectivity index (χ1v) is 10.1. The van der Waals surface area contributed by atoms with Crippen molar-refractivity contribution in [3.8, 4) is 0 Å². The summed E-state index contributed by atoms with van der Waals surface area (Å²) in [5, 5.41) is 6.24. The van der Waals surface area contributed by atoms with Gasteiger partial charge in [-0.3, -0.25) is 20.0 Å². The van der Waals surface area contributed by atoms with Gasteiger partial charge >= 0.3 is 0 Å². The lowest BCUT2D eigenvalue weighted by Crippen LogP contribution is -2.39. The average molecular weight is 395 g/mol. The van der Waals surface area contributed by atoms with Gasteiger partial charge in [-0.15, -0.1) is 0 Å². The van der Waals surface area contributed by atoms with Crippen LogP contribution in [0.15, 0.2) is 47.5 Å². The van der Waals surface area contributed by atoms with Crippen molar-refractivity contribution in [1.82, 2.24) is 10.2 Å². The number of guanidine groups is 1. The number of benzene rings is 2. The van der Waals surface area contributed by atoms with E-state index in [-0.39, 0.29) is 5.91 Å². The molecule has 154 valence electrons. The van der Waals surface area contributed by atoms with Gasteiger partial charge < -0.3 is 10.1 Å². The van der Waals surface area contributed by atoms with Crippen LogP contribution < -0.4 is 10.6 Å². The zero-order valence-electron chi connectivity index (χ0n) is 17.5. The highest BCUT2D eigenvalue weighted by molar-refractivity contribution is 6.10. The second kappa shape index (κ2) is 10.2. The minimum absolute atomic E-state index is 0.174. The predicted octanol–water partition coefficient (Wildman–Crippen LogP) is 3.14. The molecule has 2 aromatic carbocycles. The van der Waals surface area contributed by atoms with Crippen LogP contribution in [-0.4, -0.2) is 56.2 Å². The first-order valence-electron chi connectivity index (χ1n) is 10.1. The third kappa shape index (κ3) is 6.41. The van der Waals surface area contributed by atoms with E-state index in [1.54, 1.807) is 0 Å². The van der Waals surface area contributed by atoms with E-state index < -0.39 is 0 Å². The zero-order valence-corrected chi connectivity index (χ0v) is 17.5. The van der Waals surface area contributed by atoms with Crippen LogP contribution in [0.4, 0.5) is 5.69 Å². The molecule has 1 amide bonds. The summed E-state index contributed by atoms with van der Waals surface area (Å²) in [5.74, 6) is 0.295. The van der Waals surface area contributed by atoms with Crippen molar-refractivity contribution in [1.29, 1.82) is 0 Å². The Morgan fingerprint density at radius 3 is 2.41 bits per heavy atom. The molecule has 1 saturated heterocycles. The first-order chi connectivity index (χ1) is 14.0. The van der Waals surface area contributed by atoms with E-state index in [1.807, 2.05) is 50.2 Å². The van der Waals surface area contributed by atoms with Crippen LogP contribution in [0.1, 0.15) is 27.0 Å². The molecule has 0 spiro atoms. The maximum absolute atomic E-state index is 12.7. The fraction of sp³-hybridized carbons (Fsp3) is 0.391. The number of anilines is 1. The SMILES string of the molecule is Cc1ccc(C(=O)NC(=NCCN2CCOCC2)Nc2ccc(C)cc2C)cc1. The molecule has 0 aromatic heterocycles. The second-order valence-corrected chi connectivity index (χ2v) is 7.45. The zero-order chi connectivity index (χ0) is 20.6. The summed E-state index contributed by atoms with van der Waals surface area (Å²) in [5.41, 5.74) is 4.97. The quantitative estimate of drug-likeness (QED) is 0.604. The Hall–Kier alpha value is -2.70. The molecule has 1 aliphatic heterocycles. The standard InChI is InChI=1S/C23H30N4O2/c1-17-4-7-20(8-5-17)22(28)26-23(24-10-11-27-12-14-29-15-13-27)25-21-9-6-18(2)16-19(21)3/h4-9,16H,10-15H2,1-3H3,(H2,24,25,26,28). The van der Waals surface area contributed by atoms with Crippen LogP contribution in [0.5, 0.6) is 0 Å². The van der Waals surface area contributed by atoms with Crippen LogP contribution in [0.2, 0.25) is 0 Å². The van der Waals surface area contributed by atoms with Gasteiger partial charge in [0.1, 0.15) is 0 Å². The van der Waals surface area contributed by atoms with Crippen molar-refractivity contribution in [2.24, 2.45) is 4.99 Å². The molecule has 3 rings (SSSR count). The molecule has 29 heavy (non-hydrogen) atoms. The number of amides is 1. The van der Waals surface area contributed by atoms with Gasteiger partial charge in [0, 0.05) is 30.9 Å². The molecule has 1 fully saturated rings. The molecular formula is C23H30N4O2. The third-order valence-corrected chi connectivity index (χ3v) is 4.97. The predicted molar refractivity (Wildman–Crippen MR) is 118 cm³/mol. The number of aliphatic imine (C=N–C) groups is 1. The minimum atomic E-state index is -0.174. The van der Waals surface area contributed by atoms with Gasteiger partial charge in [0.15, 0.2) is 0 Å². The van der Waals surface area contributed by atoms with E-state index >= 15 is 0 Å². The maximum atomic E-state index is 12.7. The molecule has 0 unspecified atom stereocenters. The van der Waals surface area contributed by atoms with Crippen molar-refractivity contribution in [3.05, 3.63) is 64.7 Å². The Bertz CT molecular complexity index is 856. The number of ether oxygens (including phenoxy) is 1. The number of rotatable bonds is 5. The number of morpholine rings is 1. The molecule has 6 nitrogen and oxygen atoms in total. The Morgan fingerprint density at radius 2 is 1.72 bits per heavy atom. The van der Waals surface area contributed by atoms with E-state index in [2.05, 4.69) is 33.5 Å². The molecule has 1 heterocycles. The van der Waals surface area contributed by atoms with E-state index in [0.717, 1.165) is 49.7 Å². The lowest BCUT2D eigenvalue weighted by atomic mass is 10.1. The van der Waals surface area contributed by atoms with E-state index in [1.165, 1.54) is 5.56 Å². The van der Waals surface area contributed by atoms with Gasteiger partial charge in [-0.05, 0) is 44.5 Å². The summed E-state index contributed by atoms with van der Waals surface area (Å²) in [4.78, 5) is 19.7. The summed E-state index contributed by atoms with van der Waals surface area (Å²) in [6, 6.07) is 13.7. The lowest BCUT2D eigenvalue weighted by molar-refractivity contribution is 0.0394. The van der Waals surface area contributed by atoms with Gasteiger partial charge in [-0.1, -0.05) is 35.4 Å². The molecule has 6 heteroatoms. The van der Waals surface area contributed by atoms with Crippen LogP contribution >= 0.6 is 0 Å². The molecule has 0 atom stereocenters. The Kier molecular flexibility index (Phi) is 7.38. The summed E-state index contributed by atoms with van der Waals surface area (Å²) in [6.45, 7) is 10.9. The summed E-state index contributed by atoms with van der Waals surface area (Å²) < 4.78 is 5.39. The smallest absolute Gasteiger partial charge is 0.257 e. The molecular weight excluding hydrogens is 364 g/mol. The Labute approximate surface area is 173 Å². The Balaban J connectivity index is 1.71. The van der Waals surface area contributed by atoms with E-state index in [0.29, 0.717) is 18.1 Å². The molecule has 0 bridgehead atoms. The van der Waals surface area contributed by atoms with Crippen LogP contribution in [-0.2, 0) is 4.74 Å². The van der Waals surface area contributed by atoms with Crippen molar-refractivity contribution in [2.75, 3.05) is 44.7 Å². The topological polar surface area (TPSA) is 66.0 Å². The molecule has 0 radical (unpaired) electrons. The minimum Gasteiger partial charge on any atom is -0.379 e. The highest BCUT2D eigenvalue weighted by Gasteiger charge is 2.12. The third-order valence-electron chi connectivity index (χ3n) is 4.97. The molecule has 1 aliphatic rings. The number of carbonyl (C=O) groups is 1. The van der Waals surface area contributed by atoms with Crippen molar-refractivity contribution in [3.63, 3.8) is 0 Å². The normalized spacial score (nSPS) is 15.2. The van der Waals surface area contributed by atoms with Gasteiger partial charge in [0.2, 0.25) is 5.96 Å². The summed E-state index contributed by atoms with van der Waals surface area (Å²) in [6.07, 6.45) is 0. The largest absolute Gasteiger partial charge is 0.379 e. The molecule has 2 aromatic rings. The molecule has 2 N–H and O–H groups in total. The van der Waals surface area contributed by atoms with Gasteiger partial charge in [-0.2, -0.15) is 0 Å². The fourth-order valence-electron chi connectivity index (χ4n) is 3.20. The van der Waals surface area contributed by atoms with Crippen molar-refractivity contribution in [2.45, 2.75) is 20.8 Å². The lowest BCUT2D eigenvalue weighted by Gasteiger charge is -2.25. The summed E-state index contributed by atoms with van der Waals surface area (Å²) >= 11 is 0. The number of hydrogen-bond acceptors (Lipinski definition) is 4. The first kappa shape index (κ1) is 21.0. The second-order valence-electron chi connectivity index (χ2n) is 7.45. The number of nitrogens with one attached hydrogen (secondary N) is 2. The van der Waals surface area contributed by atoms with E-state index in [9.17, 15) is 4.79 Å². The van der Waals surface area contributed by atoms with Gasteiger partial charge in [-0.25, -0.2) is 0 Å². The number of hydrogen-bond donors (Lipinski definition) is 2. The van der Waals surface area contributed by atoms with Crippen LogP contribution in [0.3, 0.4) is 0 Å². The van der Waals surface area contributed by atoms with E-state index in [4.69, 9.17) is 4.74 Å². The van der Waals surface area contributed by atoms with Crippen LogP contribution in [0, 0.1) is 20.8 Å². The Morgan fingerprint density at radius 1 is 1.03 bits per heavy atom. The molecule has 0 saturated carbocycles. The number of nitrogens with zero attached hydrogens (tertiary/aromatic N) is 2. The fourth-order valence-corrected chi connectivity index (χ4v) is 3.20. The number of carbonyl (C=O) groups excluding carboxylic acids is 1. The van der Waals surface area contributed by atoms with Crippen LogP contribution in [0.25, 0.3) is 0 Å². The summed E-state index contributed by atoms with van der Waals surface area (Å²) in [7, 11) is 0.